The van der Waals surface area contributed by atoms with Gasteiger partial charge in [-0.3, -0.25) is 0 Å². The third-order valence-corrected chi connectivity index (χ3v) is 4.52. The van der Waals surface area contributed by atoms with Gasteiger partial charge in [-0.15, -0.1) is 0 Å². The summed E-state index contributed by atoms with van der Waals surface area (Å²) in [6.45, 7) is 8.04. The first kappa shape index (κ1) is 20.1. The Morgan fingerprint density at radius 1 is 1.12 bits per heavy atom. The van der Waals surface area contributed by atoms with Crippen molar-refractivity contribution in [2.24, 2.45) is 0 Å². The SMILES string of the molecule is C=C1C(Cl)=CC(c2ccccc2)=C(c2ncc(OC)cc2Cl)N1C.CC. The van der Waals surface area contributed by atoms with Crippen LogP contribution in [0, 0.1) is 0 Å². The molecule has 136 valence electrons. The monoisotopic (exact) mass is 388 g/mol. The third-order valence-electron chi connectivity index (χ3n) is 3.90. The Morgan fingerprint density at radius 2 is 1.77 bits per heavy atom. The van der Waals surface area contributed by atoms with Crippen LogP contribution in [0.1, 0.15) is 25.1 Å². The Bertz CT molecular complexity index is 858. The Kier molecular flexibility index (Phi) is 6.90. The maximum absolute atomic E-state index is 6.46. The van der Waals surface area contributed by atoms with E-state index >= 15 is 0 Å². The molecule has 0 spiro atoms. The summed E-state index contributed by atoms with van der Waals surface area (Å²) in [4.78, 5) is 6.40. The number of hydrogen-bond donors (Lipinski definition) is 0. The maximum atomic E-state index is 6.46. The normalized spacial score (nSPS) is 13.8. The molecular weight excluding hydrogens is 367 g/mol. The molecule has 2 aromatic rings. The average Bonchev–Trinajstić information content (AvgIpc) is 2.68. The van der Waals surface area contributed by atoms with E-state index in [0.717, 1.165) is 16.8 Å². The van der Waals surface area contributed by atoms with Crippen molar-refractivity contribution >= 4 is 34.5 Å². The van der Waals surface area contributed by atoms with Gasteiger partial charge < -0.3 is 9.64 Å². The number of benzene rings is 1. The number of methoxy groups -OCH3 is 1. The summed E-state index contributed by atoms with van der Waals surface area (Å²) in [6.07, 6.45) is 3.55. The molecule has 0 amide bonds. The molecule has 0 saturated carbocycles. The van der Waals surface area contributed by atoms with Gasteiger partial charge in [0.25, 0.3) is 0 Å². The van der Waals surface area contributed by atoms with Crippen molar-refractivity contribution in [3.63, 3.8) is 0 Å². The van der Waals surface area contributed by atoms with Crippen LogP contribution in [0.4, 0.5) is 0 Å². The summed E-state index contributed by atoms with van der Waals surface area (Å²) in [7, 11) is 3.48. The fraction of sp³-hybridized carbons (Fsp3) is 0.190. The molecule has 0 atom stereocenters. The number of allylic oxidation sites excluding steroid dienone is 3. The molecule has 2 heterocycles. The Balaban J connectivity index is 0.00000117. The molecule has 0 unspecified atom stereocenters. The summed E-state index contributed by atoms with van der Waals surface area (Å²) in [5.74, 6) is 0.608. The third kappa shape index (κ3) is 3.95. The minimum atomic E-state index is 0.504. The minimum absolute atomic E-state index is 0.504. The molecular formula is C21H22Cl2N2O. The second-order valence-corrected chi connectivity index (χ2v) is 6.15. The van der Waals surface area contributed by atoms with Crippen LogP contribution in [0.15, 0.2) is 66.0 Å². The van der Waals surface area contributed by atoms with Gasteiger partial charge in [0.15, 0.2) is 0 Å². The molecule has 0 N–H and O–H groups in total. The Morgan fingerprint density at radius 3 is 2.35 bits per heavy atom. The number of nitrogens with zero attached hydrogens (tertiary/aromatic N) is 2. The second-order valence-electron chi connectivity index (χ2n) is 5.33. The van der Waals surface area contributed by atoms with Gasteiger partial charge in [0.2, 0.25) is 0 Å². The first-order chi connectivity index (χ1) is 12.5. The lowest BCUT2D eigenvalue weighted by Gasteiger charge is -2.31. The zero-order valence-electron chi connectivity index (χ0n) is 15.4. The highest BCUT2D eigenvalue weighted by Crippen LogP contribution is 2.41. The van der Waals surface area contributed by atoms with Crippen LogP contribution in [0.3, 0.4) is 0 Å². The standard InChI is InChI=1S/C19H16Cl2N2O.C2H6/c1-12-16(20)10-15(13-7-5-4-6-8-13)19(23(12)2)18-17(21)9-14(24-3)11-22-18;1-2/h4-11H,1H2,2-3H3;1-2H3. The van der Waals surface area contributed by atoms with E-state index in [0.29, 0.717) is 27.2 Å². The number of ether oxygens (including phenoxy) is 1. The second kappa shape index (κ2) is 8.93. The number of halogens is 2. The molecule has 0 aliphatic carbocycles. The summed E-state index contributed by atoms with van der Waals surface area (Å²) in [6, 6.07) is 11.7. The van der Waals surface area contributed by atoms with E-state index < -0.39 is 0 Å². The van der Waals surface area contributed by atoms with E-state index in [1.165, 1.54) is 0 Å². The molecule has 1 aromatic carbocycles. The van der Waals surface area contributed by atoms with Crippen LogP contribution in [0.25, 0.3) is 11.3 Å². The van der Waals surface area contributed by atoms with Gasteiger partial charge in [-0.25, -0.2) is 4.98 Å². The van der Waals surface area contributed by atoms with Crippen LogP contribution in [0.2, 0.25) is 5.02 Å². The van der Waals surface area contributed by atoms with Crippen molar-refractivity contribution in [2.45, 2.75) is 13.8 Å². The molecule has 5 heteroatoms. The van der Waals surface area contributed by atoms with Gasteiger partial charge >= 0.3 is 0 Å². The Labute approximate surface area is 165 Å². The van der Waals surface area contributed by atoms with E-state index in [9.17, 15) is 0 Å². The van der Waals surface area contributed by atoms with Crippen molar-refractivity contribution in [3.05, 3.63) is 82.3 Å². The zero-order valence-corrected chi connectivity index (χ0v) is 16.9. The van der Waals surface area contributed by atoms with Gasteiger partial charge in [-0.05, 0) is 11.6 Å². The fourth-order valence-corrected chi connectivity index (χ4v) is 3.07. The average molecular weight is 389 g/mol. The summed E-state index contributed by atoms with van der Waals surface area (Å²) < 4.78 is 5.19. The highest BCUT2D eigenvalue weighted by molar-refractivity contribution is 6.34. The molecule has 1 aliphatic rings. The van der Waals surface area contributed by atoms with Gasteiger partial charge in [-0.1, -0.05) is 74.0 Å². The maximum Gasteiger partial charge on any atom is 0.138 e. The highest BCUT2D eigenvalue weighted by Gasteiger charge is 2.25. The summed E-state index contributed by atoms with van der Waals surface area (Å²) in [5, 5.41) is 1.09. The molecule has 0 saturated heterocycles. The van der Waals surface area contributed by atoms with E-state index in [1.807, 2.05) is 62.2 Å². The predicted molar refractivity (Wildman–Crippen MR) is 111 cm³/mol. The molecule has 0 bridgehead atoms. The Hall–Kier alpha value is -2.23. The largest absolute Gasteiger partial charge is 0.495 e. The number of rotatable bonds is 3. The number of likely N-dealkylation sites (N-methyl/N-ethyl adjacent to an activating group) is 1. The van der Waals surface area contributed by atoms with Crippen LogP contribution in [0.5, 0.6) is 5.75 Å². The zero-order chi connectivity index (χ0) is 19.3. The predicted octanol–water partition coefficient (Wildman–Crippen LogP) is 6.22. The quantitative estimate of drug-likeness (QED) is 0.623. The number of aromatic nitrogens is 1. The molecule has 1 aliphatic heterocycles. The van der Waals surface area contributed by atoms with Crippen molar-refractivity contribution < 1.29 is 4.74 Å². The first-order valence-electron chi connectivity index (χ1n) is 8.32. The van der Waals surface area contributed by atoms with Crippen LogP contribution < -0.4 is 4.74 Å². The van der Waals surface area contributed by atoms with E-state index in [4.69, 9.17) is 27.9 Å². The lowest BCUT2D eigenvalue weighted by molar-refractivity contribution is 0.412. The van der Waals surface area contributed by atoms with E-state index in [1.54, 1.807) is 19.4 Å². The smallest absolute Gasteiger partial charge is 0.138 e. The molecule has 1 aromatic heterocycles. The first-order valence-corrected chi connectivity index (χ1v) is 9.08. The highest BCUT2D eigenvalue weighted by atomic mass is 35.5. The number of pyridine rings is 1. The molecule has 3 rings (SSSR count). The molecule has 3 nitrogen and oxygen atoms in total. The summed E-state index contributed by atoms with van der Waals surface area (Å²) in [5.41, 5.74) is 4.16. The van der Waals surface area contributed by atoms with Gasteiger partial charge in [0, 0.05) is 18.7 Å². The van der Waals surface area contributed by atoms with Crippen molar-refractivity contribution in [3.8, 4) is 5.75 Å². The topological polar surface area (TPSA) is 25.4 Å². The van der Waals surface area contributed by atoms with Crippen molar-refractivity contribution in [1.82, 2.24) is 9.88 Å². The lowest BCUT2D eigenvalue weighted by Crippen LogP contribution is -2.21. The van der Waals surface area contributed by atoms with Gasteiger partial charge in [0.05, 0.1) is 34.8 Å². The van der Waals surface area contributed by atoms with Crippen LogP contribution in [-0.2, 0) is 0 Å². The lowest BCUT2D eigenvalue weighted by atomic mass is 9.97. The van der Waals surface area contributed by atoms with E-state index in [-0.39, 0.29) is 0 Å². The van der Waals surface area contributed by atoms with Gasteiger partial charge in [-0.2, -0.15) is 0 Å². The molecule has 0 radical (unpaired) electrons. The summed E-state index contributed by atoms with van der Waals surface area (Å²) >= 11 is 12.8. The van der Waals surface area contributed by atoms with E-state index in [2.05, 4.69) is 11.6 Å². The van der Waals surface area contributed by atoms with Gasteiger partial charge in [0.1, 0.15) is 11.4 Å². The van der Waals surface area contributed by atoms with Crippen LogP contribution >= 0.6 is 23.2 Å². The number of hydrogen-bond acceptors (Lipinski definition) is 3. The van der Waals surface area contributed by atoms with Crippen molar-refractivity contribution in [2.75, 3.05) is 14.2 Å². The molecule has 0 fully saturated rings. The van der Waals surface area contributed by atoms with Crippen LogP contribution in [-0.4, -0.2) is 24.0 Å². The van der Waals surface area contributed by atoms with Crippen molar-refractivity contribution in [1.29, 1.82) is 0 Å². The minimum Gasteiger partial charge on any atom is -0.495 e. The fourth-order valence-electron chi connectivity index (χ4n) is 2.58. The molecule has 26 heavy (non-hydrogen) atoms.